The highest BCUT2D eigenvalue weighted by molar-refractivity contribution is 6.18. The summed E-state index contributed by atoms with van der Waals surface area (Å²) in [4.78, 5) is 0. The van der Waals surface area contributed by atoms with Crippen LogP contribution in [0.25, 0.3) is 0 Å². The summed E-state index contributed by atoms with van der Waals surface area (Å²) < 4.78 is 0. The molecular weight excluding hydrogens is 144 g/mol. The van der Waals surface area contributed by atoms with Crippen LogP contribution in [0, 0.1) is 0 Å². The number of rotatable bonds is 2. The van der Waals surface area contributed by atoms with E-state index in [9.17, 15) is 0 Å². The molecule has 0 amide bonds. The van der Waals surface area contributed by atoms with E-state index in [4.69, 9.17) is 11.6 Å². The summed E-state index contributed by atoms with van der Waals surface area (Å²) in [7, 11) is 0. The molecule has 0 saturated heterocycles. The molecule has 1 rings (SSSR count). The topological polar surface area (TPSA) is 0 Å². The van der Waals surface area contributed by atoms with Crippen molar-refractivity contribution < 1.29 is 0 Å². The van der Waals surface area contributed by atoms with Crippen LogP contribution in [-0.2, 0) is 0 Å². The molecule has 0 aromatic heterocycles. The molecule has 10 heavy (non-hydrogen) atoms. The largest absolute Gasteiger partial charge is 0.126 e. The summed E-state index contributed by atoms with van der Waals surface area (Å²) in [6.45, 7) is 2.25. The Kier molecular flexibility index (Phi) is 3.27. The monoisotopic (exact) mass is 158 g/mol. The van der Waals surface area contributed by atoms with Crippen molar-refractivity contribution >= 4 is 11.6 Å². The van der Waals surface area contributed by atoms with Gasteiger partial charge in [-0.05, 0) is 39.0 Å². The molecule has 0 unspecified atom stereocenters. The van der Waals surface area contributed by atoms with Gasteiger partial charge in [0.25, 0.3) is 0 Å². The first-order chi connectivity index (χ1) is 4.84. The van der Waals surface area contributed by atoms with Gasteiger partial charge in [0.15, 0.2) is 0 Å². The van der Waals surface area contributed by atoms with Gasteiger partial charge < -0.3 is 0 Å². The van der Waals surface area contributed by atoms with Gasteiger partial charge in [-0.15, -0.1) is 11.6 Å². The van der Waals surface area contributed by atoms with Crippen LogP contribution < -0.4 is 0 Å². The van der Waals surface area contributed by atoms with Crippen molar-refractivity contribution in [3.8, 4) is 0 Å². The fourth-order valence-corrected chi connectivity index (χ4v) is 1.80. The fourth-order valence-electron chi connectivity index (χ4n) is 1.57. The Labute approximate surface area is 68.3 Å². The fraction of sp³-hybridized carbons (Fsp3) is 0.778. The van der Waals surface area contributed by atoms with Gasteiger partial charge in [0, 0.05) is 5.88 Å². The molecule has 0 aromatic carbocycles. The third-order valence-corrected chi connectivity index (χ3v) is 2.47. The predicted molar refractivity (Wildman–Crippen MR) is 46.5 cm³/mol. The number of alkyl halides is 1. The number of allylic oxidation sites excluding steroid dienone is 2. The zero-order chi connectivity index (χ0) is 7.40. The summed E-state index contributed by atoms with van der Waals surface area (Å²) in [6.07, 6.45) is 6.50. The van der Waals surface area contributed by atoms with Crippen molar-refractivity contribution in [1.29, 1.82) is 0 Å². The molecule has 0 aromatic rings. The van der Waals surface area contributed by atoms with Crippen molar-refractivity contribution in [2.75, 3.05) is 5.88 Å². The first-order valence-electron chi connectivity index (χ1n) is 4.08. The lowest BCUT2D eigenvalue weighted by Crippen LogP contribution is -1.97. The van der Waals surface area contributed by atoms with E-state index in [1.54, 1.807) is 11.1 Å². The second-order valence-corrected chi connectivity index (χ2v) is 3.41. The first-order valence-corrected chi connectivity index (χ1v) is 4.61. The normalized spacial score (nSPS) is 19.8. The lowest BCUT2D eigenvalue weighted by Gasteiger charge is -2.16. The van der Waals surface area contributed by atoms with Crippen LogP contribution in [0.1, 0.15) is 39.0 Å². The molecule has 1 heteroatoms. The second-order valence-electron chi connectivity index (χ2n) is 3.03. The lowest BCUT2D eigenvalue weighted by atomic mass is 9.91. The Balaban J connectivity index is 2.50. The van der Waals surface area contributed by atoms with E-state index in [2.05, 4.69) is 6.92 Å². The Morgan fingerprint density at radius 1 is 1.30 bits per heavy atom. The average Bonchev–Trinajstić information content (AvgIpc) is 1.94. The molecular formula is C9H15Cl. The Morgan fingerprint density at radius 3 is 2.60 bits per heavy atom. The van der Waals surface area contributed by atoms with Crippen molar-refractivity contribution in [2.45, 2.75) is 39.0 Å². The highest BCUT2D eigenvalue weighted by Gasteiger charge is 2.07. The third-order valence-electron chi connectivity index (χ3n) is 2.28. The molecule has 0 N–H and O–H groups in total. The maximum absolute atomic E-state index is 5.67. The van der Waals surface area contributed by atoms with Crippen LogP contribution >= 0.6 is 11.6 Å². The molecule has 0 radical (unpaired) electrons. The highest BCUT2D eigenvalue weighted by Crippen LogP contribution is 2.26. The summed E-state index contributed by atoms with van der Waals surface area (Å²) in [5.41, 5.74) is 3.23. The van der Waals surface area contributed by atoms with E-state index in [0.717, 1.165) is 12.3 Å². The summed E-state index contributed by atoms with van der Waals surface area (Å²) in [6, 6.07) is 0. The summed E-state index contributed by atoms with van der Waals surface area (Å²) in [5, 5.41) is 0. The maximum atomic E-state index is 5.67. The molecule has 0 spiro atoms. The minimum atomic E-state index is 0.798. The molecule has 0 fully saturated rings. The quantitative estimate of drug-likeness (QED) is 0.426. The van der Waals surface area contributed by atoms with Crippen molar-refractivity contribution in [3.05, 3.63) is 11.1 Å². The van der Waals surface area contributed by atoms with Gasteiger partial charge in [0.2, 0.25) is 0 Å². The zero-order valence-electron chi connectivity index (χ0n) is 6.62. The molecule has 0 aliphatic heterocycles. The molecule has 0 nitrogen and oxygen atoms in total. The number of halogens is 1. The van der Waals surface area contributed by atoms with Crippen LogP contribution in [0.5, 0.6) is 0 Å². The van der Waals surface area contributed by atoms with Gasteiger partial charge in [-0.25, -0.2) is 0 Å². The molecule has 58 valence electrons. The van der Waals surface area contributed by atoms with Crippen molar-refractivity contribution in [2.24, 2.45) is 0 Å². The SMILES string of the molecule is CC1=C(CCCl)CCCC1. The van der Waals surface area contributed by atoms with E-state index >= 15 is 0 Å². The second kappa shape index (κ2) is 4.02. The van der Waals surface area contributed by atoms with Crippen molar-refractivity contribution in [1.82, 2.24) is 0 Å². The molecule has 0 heterocycles. The molecule has 1 aliphatic rings. The Morgan fingerprint density at radius 2 is 2.00 bits per heavy atom. The highest BCUT2D eigenvalue weighted by atomic mass is 35.5. The van der Waals surface area contributed by atoms with E-state index in [-0.39, 0.29) is 0 Å². The first kappa shape index (κ1) is 8.13. The van der Waals surface area contributed by atoms with E-state index in [1.165, 1.54) is 25.7 Å². The van der Waals surface area contributed by atoms with Crippen LogP contribution in [0.4, 0.5) is 0 Å². The maximum Gasteiger partial charge on any atom is 0.0260 e. The number of hydrogen-bond acceptors (Lipinski definition) is 0. The Hall–Kier alpha value is 0.0300. The van der Waals surface area contributed by atoms with Gasteiger partial charge in [0.05, 0.1) is 0 Å². The van der Waals surface area contributed by atoms with Gasteiger partial charge in [-0.1, -0.05) is 11.1 Å². The zero-order valence-corrected chi connectivity index (χ0v) is 7.38. The van der Waals surface area contributed by atoms with E-state index in [1.807, 2.05) is 0 Å². The van der Waals surface area contributed by atoms with Gasteiger partial charge in [-0.2, -0.15) is 0 Å². The standard InChI is InChI=1S/C9H15Cl/c1-8-4-2-3-5-9(8)6-7-10/h2-7H2,1H3. The minimum absolute atomic E-state index is 0.798. The van der Waals surface area contributed by atoms with Gasteiger partial charge >= 0.3 is 0 Å². The summed E-state index contributed by atoms with van der Waals surface area (Å²) >= 11 is 5.67. The minimum Gasteiger partial charge on any atom is -0.126 e. The van der Waals surface area contributed by atoms with E-state index < -0.39 is 0 Å². The van der Waals surface area contributed by atoms with Crippen LogP contribution in [0.2, 0.25) is 0 Å². The van der Waals surface area contributed by atoms with Gasteiger partial charge in [0.1, 0.15) is 0 Å². The van der Waals surface area contributed by atoms with Crippen LogP contribution in [-0.4, -0.2) is 5.88 Å². The van der Waals surface area contributed by atoms with Crippen molar-refractivity contribution in [3.63, 3.8) is 0 Å². The van der Waals surface area contributed by atoms with Crippen LogP contribution in [0.15, 0.2) is 11.1 Å². The molecule has 0 atom stereocenters. The van der Waals surface area contributed by atoms with Gasteiger partial charge in [-0.3, -0.25) is 0 Å². The third kappa shape index (κ3) is 2.02. The molecule has 0 saturated carbocycles. The predicted octanol–water partition coefficient (Wildman–Crippen LogP) is 3.51. The summed E-state index contributed by atoms with van der Waals surface area (Å²) in [5.74, 6) is 0.798. The lowest BCUT2D eigenvalue weighted by molar-refractivity contribution is 0.656. The molecule has 1 aliphatic carbocycles. The Bertz CT molecular complexity index is 136. The van der Waals surface area contributed by atoms with Crippen LogP contribution in [0.3, 0.4) is 0 Å². The average molecular weight is 159 g/mol. The number of hydrogen-bond donors (Lipinski definition) is 0. The smallest absolute Gasteiger partial charge is 0.0260 e. The molecule has 0 bridgehead atoms. The van der Waals surface area contributed by atoms with E-state index in [0.29, 0.717) is 0 Å².